The van der Waals surface area contributed by atoms with E-state index in [9.17, 15) is 4.79 Å². The molecule has 0 aliphatic carbocycles. The van der Waals surface area contributed by atoms with Crippen molar-refractivity contribution < 1.29 is 9.53 Å². The van der Waals surface area contributed by atoms with Gasteiger partial charge in [-0.05, 0) is 58.8 Å². The van der Waals surface area contributed by atoms with E-state index in [2.05, 4.69) is 27.6 Å². The number of halogens is 1. The molecule has 0 saturated heterocycles. The third-order valence-corrected chi connectivity index (χ3v) is 4.26. The zero-order valence-corrected chi connectivity index (χ0v) is 14.8. The van der Waals surface area contributed by atoms with Crippen LogP contribution in [0.25, 0.3) is 22.4 Å². The van der Waals surface area contributed by atoms with E-state index in [0.717, 1.165) is 22.4 Å². The zero-order chi connectivity index (χ0) is 16.2. The summed E-state index contributed by atoms with van der Waals surface area (Å²) in [6.07, 6.45) is 0. The van der Waals surface area contributed by atoms with Crippen LogP contribution in [0.4, 0.5) is 0 Å². The van der Waals surface area contributed by atoms with Gasteiger partial charge in [0.1, 0.15) is 5.69 Å². The van der Waals surface area contributed by atoms with Crippen LogP contribution < -0.4 is 0 Å². The zero-order valence-electron chi connectivity index (χ0n) is 12.7. The Morgan fingerprint density at radius 1 is 1.04 bits per heavy atom. The van der Waals surface area contributed by atoms with Crippen LogP contribution in [0, 0.1) is 3.57 Å². The molecule has 0 bridgehead atoms. The Morgan fingerprint density at radius 3 is 2.39 bits per heavy atom. The lowest BCUT2D eigenvalue weighted by atomic mass is 10.0. The van der Waals surface area contributed by atoms with Gasteiger partial charge in [-0.25, -0.2) is 4.79 Å². The maximum absolute atomic E-state index is 12.3. The highest BCUT2D eigenvalue weighted by atomic mass is 127. The topological polar surface area (TPSA) is 42.1 Å². The highest BCUT2D eigenvalue weighted by Crippen LogP contribution is 2.30. The van der Waals surface area contributed by atoms with E-state index in [0.29, 0.717) is 12.3 Å². The first-order chi connectivity index (χ1) is 11.2. The number of benzene rings is 2. The van der Waals surface area contributed by atoms with Crippen molar-refractivity contribution in [3.63, 3.8) is 0 Å². The third-order valence-electron chi connectivity index (χ3n) is 3.54. The number of esters is 1. The summed E-state index contributed by atoms with van der Waals surface area (Å²) in [6.45, 7) is 2.16. The minimum Gasteiger partial charge on any atom is -0.461 e. The van der Waals surface area contributed by atoms with Gasteiger partial charge in [-0.3, -0.25) is 0 Å². The Kier molecular flexibility index (Phi) is 4.81. The number of aromatic amines is 1. The predicted octanol–water partition coefficient (Wildman–Crippen LogP) is 5.13. The molecule has 0 fully saturated rings. The van der Waals surface area contributed by atoms with Crippen LogP contribution in [-0.4, -0.2) is 17.6 Å². The van der Waals surface area contributed by atoms with Gasteiger partial charge < -0.3 is 9.72 Å². The largest absolute Gasteiger partial charge is 0.461 e. The van der Waals surface area contributed by atoms with Crippen molar-refractivity contribution in [2.75, 3.05) is 6.61 Å². The highest BCUT2D eigenvalue weighted by molar-refractivity contribution is 14.1. The molecule has 23 heavy (non-hydrogen) atoms. The molecule has 2 aromatic carbocycles. The van der Waals surface area contributed by atoms with Crippen molar-refractivity contribution in [2.24, 2.45) is 0 Å². The van der Waals surface area contributed by atoms with Gasteiger partial charge in [-0.15, -0.1) is 0 Å². The van der Waals surface area contributed by atoms with Gasteiger partial charge in [0.2, 0.25) is 0 Å². The summed E-state index contributed by atoms with van der Waals surface area (Å²) in [7, 11) is 0. The molecular formula is C19H16INO2. The molecule has 3 nitrogen and oxygen atoms in total. The van der Waals surface area contributed by atoms with E-state index in [1.165, 1.54) is 3.57 Å². The van der Waals surface area contributed by atoms with E-state index >= 15 is 0 Å². The maximum Gasteiger partial charge on any atom is 0.355 e. The van der Waals surface area contributed by atoms with E-state index in [1.54, 1.807) is 0 Å². The van der Waals surface area contributed by atoms with E-state index in [4.69, 9.17) is 4.74 Å². The van der Waals surface area contributed by atoms with Crippen LogP contribution in [-0.2, 0) is 4.74 Å². The summed E-state index contributed by atoms with van der Waals surface area (Å²) in [5.74, 6) is -0.330. The number of hydrogen-bond donors (Lipinski definition) is 1. The van der Waals surface area contributed by atoms with Gasteiger partial charge in [0.25, 0.3) is 0 Å². The molecule has 3 rings (SSSR count). The van der Waals surface area contributed by atoms with Crippen molar-refractivity contribution in [3.8, 4) is 22.4 Å². The summed E-state index contributed by atoms with van der Waals surface area (Å²) < 4.78 is 6.36. The first kappa shape index (κ1) is 15.8. The minimum atomic E-state index is -0.330. The molecule has 0 spiro atoms. The number of H-pyrrole nitrogens is 1. The van der Waals surface area contributed by atoms with E-state index < -0.39 is 0 Å². The summed E-state index contributed by atoms with van der Waals surface area (Å²) in [5, 5.41) is 0. The van der Waals surface area contributed by atoms with Crippen molar-refractivity contribution >= 4 is 28.6 Å². The molecule has 0 aliphatic heterocycles. The first-order valence-corrected chi connectivity index (χ1v) is 8.48. The lowest BCUT2D eigenvalue weighted by Crippen LogP contribution is -2.06. The summed E-state index contributed by atoms with van der Waals surface area (Å²) >= 11 is 2.27. The van der Waals surface area contributed by atoms with Gasteiger partial charge in [-0.2, -0.15) is 0 Å². The average Bonchev–Trinajstić information content (AvgIpc) is 3.02. The van der Waals surface area contributed by atoms with Gasteiger partial charge in [0, 0.05) is 14.8 Å². The lowest BCUT2D eigenvalue weighted by molar-refractivity contribution is 0.0521. The Labute approximate surface area is 148 Å². The number of nitrogens with one attached hydrogen (secondary N) is 1. The van der Waals surface area contributed by atoms with Gasteiger partial charge >= 0.3 is 5.97 Å². The van der Waals surface area contributed by atoms with Crippen LogP contribution in [0.2, 0.25) is 0 Å². The molecule has 0 unspecified atom stereocenters. The Morgan fingerprint density at radius 2 is 1.74 bits per heavy atom. The molecule has 3 aromatic rings. The fourth-order valence-electron chi connectivity index (χ4n) is 2.45. The highest BCUT2D eigenvalue weighted by Gasteiger charge is 2.18. The molecule has 0 aliphatic rings. The van der Waals surface area contributed by atoms with Crippen LogP contribution in [0.5, 0.6) is 0 Å². The molecule has 1 heterocycles. The standard InChI is InChI=1S/C19H16INO2/c1-2-23-19(22)18-16(13-6-4-3-5-7-13)12-17(21-18)14-8-10-15(20)11-9-14/h3-12,21H,2H2,1H3. The van der Waals surface area contributed by atoms with E-state index in [1.807, 2.05) is 67.6 Å². The molecule has 1 aromatic heterocycles. The lowest BCUT2D eigenvalue weighted by Gasteiger charge is -2.03. The normalized spacial score (nSPS) is 10.5. The average molecular weight is 417 g/mol. The second kappa shape index (κ2) is 7.00. The molecular weight excluding hydrogens is 401 g/mol. The molecule has 4 heteroatoms. The molecule has 1 N–H and O–H groups in total. The van der Waals surface area contributed by atoms with Crippen molar-refractivity contribution in [3.05, 3.63) is 69.9 Å². The molecule has 0 radical (unpaired) electrons. The van der Waals surface area contributed by atoms with Gasteiger partial charge in [0.05, 0.1) is 6.61 Å². The van der Waals surface area contributed by atoms with Crippen molar-refractivity contribution in [1.29, 1.82) is 0 Å². The fourth-order valence-corrected chi connectivity index (χ4v) is 2.81. The number of ether oxygens (including phenoxy) is 1. The van der Waals surface area contributed by atoms with Crippen LogP contribution in [0.1, 0.15) is 17.4 Å². The predicted molar refractivity (Wildman–Crippen MR) is 100 cm³/mol. The van der Waals surface area contributed by atoms with Gasteiger partial charge in [-0.1, -0.05) is 42.5 Å². The number of aromatic nitrogens is 1. The molecule has 0 saturated carbocycles. The first-order valence-electron chi connectivity index (χ1n) is 7.40. The van der Waals surface area contributed by atoms with Crippen LogP contribution in [0.3, 0.4) is 0 Å². The van der Waals surface area contributed by atoms with Crippen molar-refractivity contribution in [2.45, 2.75) is 6.92 Å². The molecule has 0 amide bonds. The maximum atomic E-state index is 12.3. The third kappa shape index (κ3) is 3.47. The Hall–Kier alpha value is -2.08. The SMILES string of the molecule is CCOC(=O)c1[nH]c(-c2ccc(I)cc2)cc1-c1ccccc1. The smallest absolute Gasteiger partial charge is 0.355 e. The summed E-state index contributed by atoms with van der Waals surface area (Å²) in [4.78, 5) is 15.5. The summed E-state index contributed by atoms with van der Waals surface area (Å²) in [5.41, 5.74) is 4.29. The molecule has 0 atom stereocenters. The number of carbonyl (C=O) groups is 1. The number of carbonyl (C=O) groups excluding carboxylic acids is 1. The minimum absolute atomic E-state index is 0.330. The Balaban J connectivity index is 2.10. The number of rotatable bonds is 4. The van der Waals surface area contributed by atoms with Crippen LogP contribution >= 0.6 is 22.6 Å². The Bertz CT molecular complexity index is 807. The monoisotopic (exact) mass is 417 g/mol. The van der Waals surface area contributed by atoms with Gasteiger partial charge in [0.15, 0.2) is 0 Å². The number of hydrogen-bond acceptors (Lipinski definition) is 2. The van der Waals surface area contributed by atoms with E-state index in [-0.39, 0.29) is 5.97 Å². The summed E-state index contributed by atoms with van der Waals surface area (Å²) in [6, 6.07) is 20.0. The van der Waals surface area contributed by atoms with Crippen LogP contribution in [0.15, 0.2) is 60.7 Å². The second-order valence-electron chi connectivity index (χ2n) is 5.07. The quantitative estimate of drug-likeness (QED) is 0.473. The second-order valence-corrected chi connectivity index (χ2v) is 6.31. The fraction of sp³-hybridized carbons (Fsp3) is 0.105. The van der Waals surface area contributed by atoms with Crippen molar-refractivity contribution in [1.82, 2.24) is 4.98 Å². The molecule has 116 valence electrons.